The van der Waals surface area contributed by atoms with Crippen molar-refractivity contribution in [2.45, 2.75) is 46.1 Å². The zero-order valence-electron chi connectivity index (χ0n) is 11.5. The van der Waals surface area contributed by atoms with Gasteiger partial charge in [-0.05, 0) is 50.7 Å². The minimum atomic E-state index is 0.288. The zero-order chi connectivity index (χ0) is 13.1. The summed E-state index contributed by atoms with van der Waals surface area (Å²) >= 11 is 0. The lowest BCUT2D eigenvalue weighted by Crippen LogP contribution is -2.32. The predicted octanol–water partition coefficient (Wildman–Crippen LogP) is 3.69. The Morgan fingerprint density at radius 1 is 1.33 bits per heavy atom. The molecule has 1 saturated carbocycles. The Hall–Kier alpha value is -1.15. The van der Waals surface area contributed by atoms with E-state index in [0.29, 0.717) is 18.4 Å². The van der Waals surface area contributed by atoms with Crippen LogP contribution in [0, 0.1) is 19.8 Å². The first-order valence-corrected chi connectivity index (χ1v) is 6.82. The average molecular weight is 246 g/mol. The number of hydrogen-bond donors (Lipinski definition) is 0. The van der Waals surface area contributed by atoms with E-state index in [9.17, 15) is 4.79 Å². The molecule has 1 aromatic carbocycles. The molecule has 0 aliphatic heterocycles. The molecule has 1 aromatic rings. The third-order valence-corrected chi connectivity index (χ3v) is 3.97. The smallest absolute Gasteiger partial charge is 0.163 e. The fourth-order valence-corrected chi connectivity index (χ4v) is 2.64. The highest BCUT2D eigenvalue weighted by atomic mass is 16.5. The van der Waals surface area contributed by atoms with Gasteiger partial charge in [0.15, 0.2) is 5.78 Å². The molecule has 2 nitrogen and oxygen atoms in total. The maximum Gasteiger partial charge on any atom is 0.163 e. The number of carbonyl (C=O) groups excluding carboxylic acids is 1. The summed E-state index contributed by atoms with van der Waals surface area (Å²) in [7, 11) is 0. The number of carbonyl (C=O) groups is 1. The largest absolute Gasteiger partial charge is 0.378 e. The number of Topliss-reactive ketones (excluding diaryl/α,β-unsaturated/α-hetero) is 1. The maximum atomic E-state index is 12.2. The van der Waals surface area contributed by atoms with Crippen LogP contribution in [0.4, 0.5) is 0 Å². The van der Waals surface area contributed by atoms with Crippen molar-refractivity contribution < 1.29 is 9.53 Å². The van der Waals surface area contributed by atoms with Gasteiger partial charge in [-0.3, -0.25) is 4.79 Å². The Morgan fingerprint density at radius 2 is 2.06 bits per heavy atom. The highest BCUT2D eigenvalue weighted by Crippen LogP contribution is 2.34. The molecule has 0 amide bonds. The van der Waals surface area contributed by atoms with Crippen molar-refractivity contribution in [3.63, 3.8) is 0 Å². The normalized spacial score (nSPS) is 22.6. The molecule has 0 spiro atoms. The highest BCUT2D eigenvalue weighted by Gasteiger charge is 2.31. The second kappa shape index (κ2) is 5.66. The summed E-state index contributed by atoms with van der Waals surface area (Å²) in [6.45, 7) is 6.89. The van der Waals surface area contributed by atoms with Gasteiger partial charge in [0, 0.05) is 18.6 Å². The predicted molar refractivity (Wildman–Crippen MR) is 73.0 cm³/mol. The minimum absolute atomic E-state index is 0.288. The first-order valence-electron chi connectivity index (χ1n) is 6.82. The fourth-order valence-electron chi connectivity index (χ4n) is 2.64. The Balaban J connectivity index is 1.91. The van der Waals surface area contributed by atoms with Crippen LogP contribution in [0.5, 0.6) is 0 Å². The number of benzene rings is 1. The van der Waals surface area contributed by atoms with E-state index < -0.39 is 0 Å². The molecule has 0 heterocycles. The quantitative estimate of drug-likeness (QED) is 0.741. The minimum Gasteiger partial charge on any atom is -0.378 e. The number of ether oxygens (including phenoxy) is 1. The van der Waals surface area contributed by atoms with Gasteiger partial charge in [-0.2, -0.15) is 0 Å². The van der Waals surface area contributed by atoms with E-state index in [1.54, 1.807) is 0 Å². The van der Waals surface area contributed by atoms with Gasteiger partial charge in [0.1, 0.15) is 0 Å². The molecule has 1 aliphatic carbocycles. The molecule has 2 rings (SSSR count). The van der Waals surface area contributed by atoms with E-state index in [2.05, 4.69) is 13.0 Å². The van der Waals surface area contributed by atoms with E-state index in [4.69, 9.17) is 4.74 Å². The van der Waals surface area contributed by atoms with Gasteiger partial charge in [0.2, 0.25) is 0 Å². The molecule has 98 valence electrons. The summed E-state index contributed by atoms with van der Waals surface area (Å²) < 4.78 is 5.53. The van der Waals surface area contributed by atoms with Crippen LogP contribution in [0.25, 0.3) is 0 Å². The van der Waals surface area contributed by atoms with E-state index in [-0.39, 0.29) is 5.78 Å². The standard InChI is InChI=1S/C16H22O2/c1-4-18-14-8-13(9-14)10-16(17)15-7-5-6-11(2)12(15)3/h5-7,13-14H,4,8-10H2,1-3H3. The van der Waals surface area contributed by atoms with Crippen molar-refractivity contribution in [2.75, 3.05) is 6.61 Å². The fraction of sp³-hybridized carbons (Fsp3) is 0.562. The lowest BCUT2D eigenvalue weighted by molar-refractivity contribution is -0.0246. The van der Waals surface area contributed by atoms with Gasteiger partial charge in [-0.25, -0.2) is 0 Å². The monoisotopic (exact) mass is 246 g/mol. The molecule has 1 aliphatic rings. The van der Waals surface area contributed by atoms with Crippen LogP contribution in [0.2, 0.25) is 0 Å². The summed E-state index contributed by atoms with van der Waals surface area (Å²) in [5.74, 6) is 0.810. The zero-order valence-corrected chi connectivity index (χ0v) is 11.5. The van der Waals surface area contributed by atoms with Gasteiger partial charge in [-0.1, -0.05) is 18.2 Å². The van der Waals surface area contributed by atoms with Crippen LogP contribution < -0.4 is 0 Å². The van der Waals surface area contributed by atoms with Crippen LogP contribution in [0.1, 0.15) is 47.7 Å². The molecule has 0 radical (unpaired) electrons. The van der Waals surface area contributed by atoms with E-state index in [0.717, 1.165) is 30.6 Å². The average Bonchev–Trinajstić information content (AvgIpc) is 2.30. The highest BCUT2D eigenvalue weighted by molar-refractivity contribution is 5.97. The summed E-state index contributed by atoms with van der Waals surface area (Å²) in [5.41, 5.74) is 3.22. The van der Waals surface area contributed by atoms with Crippen LogP contribution >= 0.6 is 0 Å². The number of aryl methyl sites for hydroxylation is 1. The lowest BCUT2D eigenvalue weighted by atomic mass is 9.78. The Bertz CT molecular complexity index is 431. The number of rotatable bonds is 5. The van der Waals surface area contributed by atoms with Crippen LogP contribution in [0.15, 0.2) is 18.2 Å². The van der Waals surface area contributed by atoms with E-state index >= 15 is 0 Å². The summed E-state index contributed by atoms with van der Waals surface area (Å²) in [6.07, 6.45) is 3.16. The van der Waals surface area contributed by atoms with Crippen LogP contribution in [0.3, 0.4) is 0 Å². The van der Waals surface area contributed by atoms with E-state index in [1.165, 1.54) is 5.56 Å². The van der Waals surface area contributed by atoms with Crippen molar-refractivity contribution in [2.24, 2.45) is 5.92 Å². The number of ketones is 1. The van der Waals surface area contributed by atoms with Gasteiger partial charge in [0.05, 0.1) is 6.10 Å². The van der Waals surface area contributed by atoms with Crippen LogP contribution in [-0.4, -0.2) is 18.5 Å². The van der Waals surface area contributed by atoms with Gasteiger partial charge in [-0.15, -0.1) is 0 Å². The molecule has 18 heavy (non-hydrogen) atoms. The summed E-state index contributed by atoms with van der Waals surface area (Å²) in [5, 5.41) is 0. The van der Waals surface area contributed by atoms with Crippen molar-refractivity contribution >= 4 is 5.78 Å². The maximum absolute atomic E-state index is 12.2. The summed E-state index contributed by atoms with van der Waals surface area (Å²) in [6, 6.07) is 5.98. The van der Waals surface area contributed by atoms with Crippen molar-refractivity contribution in [1.29, 1.82) is 0 Å². The lowest BCUT2D eigenvalue weighted by Gasteiger charge is -2.34. The molecule has 0 bridgehead atoms. The topological polar surface area (TPSA) is 26.3 Å². The Labute approximate surface area is 109 Å². The molecule has 1 fully saturated rings. The molecule has 0 N–H and O–H groups in total. The second-order valence-electron chi connectivity index (χ2n) is 5.29. The SMILES string of the molecule is CCOC1CC(CC(=O)c2cccc(C)c2C)C1. The van der Waals surface area contributed by atoms with Gasteiger partial charge >= 0.3 is 0 Å². The van der Waals surface area contributed by atoms with Crippen LogP contribution in [-0.2, 0) is 4.74 Å². The molecule has 0 aromatic heterocycles. The Morgan fingerprint density at radius 3 is 2.72 bits per heavy atom. The molecule has 0 atom stereocenters. The molecule has 0 saturated heterocycles. The molecule has 0 unspecified atom stereocenters. The second-order valence-corrected chi connectivity index (χ2v) is 5.29. The molecular formula is C16H22O2. The third-order valence-electron chi connectivity index (χ3n) is 3.97. The first kappa shape index (κ1) is 13.3. The molecule has 2 heteroatoms. The van der Waals surface area contributed by atoms with Gasteiger partial charge < -0.3 is 4.74 Å². The van der Waals surface area contributed by atoms with E-state index in [1.807, 2.05) is 26.0 Å². The Kier molecular flexibility index (Phi) is 4.18. The summed E-state index contributed by atoms with van der Waals surface area (Å²) in [4.78, 5) is 12.2. The van der Waals surface area contributed by atoms with Crippen molar-refractivity contribution in [1.82, 2.24) is 0 Å². The van der Waals surface area contributed by atoms with Gasteiger partial charge in [0.25, 0.3) is 0 Å². The number of hydrogen-bond acceptors (Lipinski definition) is 2. The first-order chi connectivity index (χ1) is 8.61. The van der Waals surface area contributed by atoms with Crippen molar-refractivity contribution in [3.8, 4) is 0 Å². The molecular weight excluding hydrogens is 224 g/mol. The van der Waals surface area contributed by atoms with Crippen molar-refractivity contribution in [3.05, 3.63) is 34.9 Å². The third kappa shape index (κ3) is 2.81.